The minimum absolute atomic E-state index is 0. The third-order valence-electron chi connectivity index (χ3n) is 9.65. The second-order valence-corrected chi connectivity index (χ2v) is 20.9. The van der Waals surface area contributed by atoms with Gasteiger partial charge >= 0.3 is 21.7 Å². The number of hydrogen-bond acceptors (Lipinski definition) is 0. The van der Waals surface area contributed by atoms with Gasteiger partial charge in [-0.1, -0.05) is 101 Å². The quantitative estimate of drug-likeness (QED) is 0.0983. The van der Waals surface area contributed by atoms with Crippen LogP contribution in [0.4, 0.5) is 0 Å². The smallest absolute Gasteiger partial charge is 0.313 e. The minimum atomic E-state index is 0. The molecule has 184 valence electrons. The van der Waals surface area contributed by atoms with E-state index in [1.807, 2.05) is 0 Å². The van der Waals surface area contributed by atoms with Gasteiger partial charge in [0.2, 0.25) is 0 Å². The van der Waals surface area contributed by atoms with Crippen molar-refractivity contribution in [2.45, 2.75) is 116 Å². The first-order valence-corrected chi connectivity index (χ1v) is 17.6. The zero-order valence-electron chi connectivity index (χ0n) is 19.9. The van der Waals surface area contributed by atoms with Gasteiger partial charge in [0.25, 0.3) is 0 Å². The Labute approximate surface area is 274 Å². The number of rotatable bonds is 0. The second-order valence-electron chi connectivity index (χ2n) is 12.3. The van der Waals surface area contributed by atoms with Crippen molar-refractivity contribution in [3.63, 3.8) is 0 Å². The van der Waals surface area contributed by atoms with Crippen LogP contribution in [0, 0.1) is 49.4 Å². The Bertz CT molecular complexity index is 522. The molecule has 0 N–H and O–H groups in total. The summed E-state index contributed by atoms with van der Waals surface area (Å²) in [7, 11) is 0. The van der Waals surface area contributed by atoms with Crippen LogP contribution in [0.3, 0.4) is 0 Å². The monoisotopic (exact) mass is 932 g/mol. The molecule has 8 bridgehead atoms. The molecule has 8 aliphatic rings. The first-order valence-electron chi connectivity index (χ1n) is 13.3. The standard InChI is InChI=1S/4C7H10I.Ti/c4*8-7-3-1-6(5-7)2-4-7;/h4*3,6H,1-2,4-5H2;/q4*-1;+4. The van der Waals surface area contributed by atoms with E-state index in [0.29, 0.717) is 13.7 Å². The maximum absolute atomic E-state index is 2.62. The molecule has 0 aliphatic heterocycles. The van der Waals surface area contributed by atoms with E-state index in [2.05, 4.69) is 116 Å². The van der Waals surface area contributed by atoms with E-state index < -0.39 is 0 Å². The summed E-state index contributed by atoms with van der Waals surface area (Å²) in [6.07, 6.45) is 33.4. The Morgan fingerprint density at radius 3 is 0.667 bits per heavy atom. The molecular weight excluding hydrogens is 892 g/mol. The second kappa shape index (κ2) is 12.0. The van der Waals surface area contributed by atoms with Crippen LogP contribution in [0.15, 0.2) is 0 Å². The van der Waals surface area contributed by atoms with Gasteiger partial charge in [-0.25, -0.2) is 0 Å². The van der Waals surface area contributed by atoms with Crippen molar-refractivity contribution in [3.8, 4) is 0 Å². The van der Waals surface area contributed by atoms with Crippen molar-refractivity contribution < 1.29 is 21.7 Å². The molecule has 0 saturated heterocycles. The van der Waals surface area contributed by atoms with E-state index in [4.69, 9.17) is 0 Å². The molecule has 0 nitrogen and oxygen atoms in total. The number of hydrogen-bond donors (Lipinski definition) is 0. The van der Waals surface area contributed by atoms with Crippen molar-refractivity contribution in [2.75, 3.05) is 0 Å². The molecule has 0 aromatic carbocycles. The third kappa shape index (κ3) is 7.86. The van der Waals surface area contributed by atoms with Crippen molar-refractivity contribution >= 4 is 90.4 Å². The summed E-state index contributed by atoms with van der Waals surface area (Å²) >= 11 is 10.5. The van der Waals surface area contributed by atoms with E-state index in [-0.39, 0.29) is 21.7 Å². The fourth-order valence-electron chi connectivity index (χ4n) is 7.57. The Morgan fingerprint density at radius 1 is 0.424 bits per heavy atom. The summed E-state index contributed by atoms with van der Waals surface area (Å²) in [5, 5.41) is 0. The van der Waals surface area contributed by atoms with Crippen LogP contribution in [-0.2, 0) is 21.7 Å². The van der Waals surface area contributed by atoms with Gasteiger partial charge in [0.15, 0.2) is 0 Å². The molecule has 0 amide bonds. The number of alkyl halides is 4. The molecule has 8 atom stereocenters. The molecule has 8 rings (SSSR count). The first-order chi connectivity index (χ1) is 15.1. The Kier molecular flexibility index (Phi) is 10.8. The van der Waals surface area contributed by atoms with Crippen LogP contribution in [-0.4, -0.2) is 13.7 Å². The van der Waals surface area contributed by atoms with Crippen molar-refractivity contribution in [1.29, 1.82) is 0 Å². The maximum Gasteiger partial charge on any atom is 4.00 e. The molecule has 0 heterocycles. The largest absolute Gasteiger partial charge is 4.00 e. The fraction of sp³-hybridized carbons (Fsp3) is 0.857. The molecule has 0 spiro atoms. The fourth-order valence-corrected chi connectivity index (χ4v) is 12.3. The average Bonchev–Trinajstić information content (AvgIpc) is 3.59. The predicted octanol–water partition coefficient (Wildman–Crippen LogP) is 10.3. The summed E-state index contributed by atoms with van der Waals surface area (Å²) in [5.74, 6) is 4.30. The van der Waals surface area contributed by atoms with Gasteiger partial charge in [0.05, 0.1) is 0 Å². The Hall–Kier alpha value is 3.63. The topological polar surface area (TPSA) is 0 Å². The molecule has 0 aromatic rings. The van der Waals surface area contributed by atoms with E-state index in [1.165, 1.54) is 103 Å². The average molecular weight is 932 g/mol. The van der Waals surface area contributed by atoms with Crippen molar-refractivity contribution in [2.24, 2.45) is 23.7 Å². The van der Waals surface area contributed by atoms with Gasteiger partial charge in [-0.2, -0.15) is 25.7 Å². The summed E-state index contributed by atoms with van der Waals surface area (Å²) in [4.78, 5) is 0. The molecular formula is C28H40I4Ti. The summed E-state index contributed by atoms with van der Waals surface area (Å²) < 4.78 is 2.62. The van der Waals surface area contributed by atoms with Crippen molar-refractivity contribution in [3.05, 3.63) is 25.7 Å². The van der Waals surface area contributed by atoms with Crippen molar-refractivity contribution in [1.82, 2.24) is 0 Å². The molecule has 0 radical (unpaired) electrons. The Balaban J connectivity index is 0.000000104. The van der Waals surface area contributed by atoms with Crippen LogP contribution in [0.2, 0.25) is 0 Å². The van der Waals surface area contributed by atoms with Gasteiger partial charge in [0, 0.05) is 0 Å². The maximum atomic E-state index is 2.62. The van der Waals surface area contributed by atoms with Crippen LogP contribution in [0.1, 0.15) is 103 Å². The summed E-state index contributed by atoms with van der Waals surface area (Å²) in [6, 6.07) is 0. The van der Waals surface area contributed by atoms with Gasteiger partial charge in [-0.05, 0) is 0 Å². The normalized spacial score (nSPS) is 51.3. The van der Waals surface area contributed by atoms with E-state index in [0.717, 1.165) is 23.7 Å². The molecule has 33 heavy (non-hydrogen) atoms. The van der Waals surface area contributed by atoms with E-state index in [1.54, 1.807) is 0 Å². The Morgan fingerprint density at radius 2 is 0.636 bits per heavy atom. The van der Waals surface area contributed by atoms with Crippen LogP contribution < -0.4 is 0 Å². The van der Waals surface area contributed by atoms with Crippen LogP contribution in [0.25, 0.3) is 0 Å². The van der Waals surface area contributed by atoms with E-state index >= 15 is 0 Å². The van der Waals surface area contributed by atoms with Gasteiger partial charge < -0.3 is 25.7 Å². The third-order valence-corrected chi connectivity index (χ3v) is 15.3. The summed E-state index contributed by atoms with van der Waals surface area (Å²) in [6.45, 7) is 0. The van der Waals surface area contributed by atoms with Gasteiger partial charge in [-0.3, -0.25) is 0 Å². The minimum Gasteiger partial charge on any atom is -0.313 e. The molecule has 8 aliphatic carbocycles. The number of halogens is 4. The van der Waals surface area contributed by atoms with Gasteiger partial charge in [0.1, 0.15) is 0 Å². The van der Waals surface area contributed by atoms with Crippen LogP contribution in [0.5, 0.6) is 0 Å². The molecule has 5 heteroatoms. The zero-order chi connectivity index (χ0) is 22.5. The summed E-state index contributed by atoms with van der Waals surface area (Å²) in [5.41, 5.74) is 0. The molecule has 8 fully saturated rings. The predicted molar refractivity (Wildman–Crippen MR) is 172 cm³/mol. The van der Waals surface area contributed by atoms with Gasteiger partial charge in [-0.15, -0.1) is 104 Å². The molecule has 8 saturated carbocycles. The molecule has 0 aromatic heterocycles. The number of fused-ring (bicyclic) bond motifs is 8. The SMILES string of the molecule is IC12[CH-]CC(CC1)C2.IC12[CH-]CC(CC1)C2.IC12[CH-]CC(CC1)C2.IC12[CH-]CC(CC1)C2.[Ti+4]. The van der Waals surface area contributed by atoms with E-state index in [9.17, 15) is 0 Å². The zero-order valence-corrected chi connectivity index (χ0v) is 30.1. The molecule has 8 unspecified atom stereocenters. The van der Waals surface area contributed by atoms with Crippen LogP contribution >= 0.6 is 90.4 Å². The first kappa shape index (κ1) is 29.6.